The maximum absolute atomic E-state index is 12.7. The number of aromatic nitrogens is 1. The van der Waals surface area contributed by atoms with Crippen LogP contribution in [0.5, 0.6) is 0 Å². The normalized spacial score (nSPS) is 14.8. The van der Waals surface area contributed by atoms with E-state index in [1.54, 1.807) is 0 Å². The van der Waals surface area contributed by atoms with E-state index in [4.69, 9.17) is 4.74 Å². The van der Waals surface area contributed by atoms with Gasteiger partial charge in [-0.05, 0) is 6.07 Å². The highest BCUT2D eigenvalue weighted by Gasteiger charge is 2.16. The number of halogens is 1. The summed E-state index contributed by atoms with van der Waals surface area (Å²) in [7, 11) is 0. The van der Waals surface area contributed by atoms with Crippen LogP contribution in [-0.2, 0) is 4.74 Å². The van der Waals surface area contributed by atoms with Gasteiger partial charge in [0.2, 0.25) is 0 Å². The van der Waals surface area contributed by atoms with E-state index < -0.39 is 5.82 Å². The Hall–Kier alpha value is -1.71. The minimum absolute atomic E-state index is 0.213. The van der Waals surface area contributed by atoms with Crippen LogP contribution in [0.1, 0.15) is 16.8 Å². The fourth-order valence-electron chi connectivity index (χ4n) is 1.28. The van der Waals surface area contributed by atoms with E-state index in [0.29, 0.717) is 18.6 Å². The van der Waals surface area contributed by atoms with E-state index in [2.05, 4.69) is 4.98 Å². The van der Waals surface area contributed by atoms with Crippen molar-refractivity contribution in [2.45, 2.75) is 6.42 Å². The summed E-state index contributed by atoms with van der Waals surface area (Å²) in [4.78, 5) is 15.3. The molecule has 4 heteroatoms. The number of ketones is 1. The Morgan fingerprint density at radius 2 is 2.36 bits per heavy atom. The number of ether oxygens (including phenoxy) is 1. The number of pyridine rings is 1. The molecule has 72 valence electrons. The van der Waals surface area contributed by atoms with Crippen molar-refractivity contribution < 1.29 is 13.9 Å². The molecule has 0 saturated carbocycles. The number of hydrogen-bond acceptors (Lipinski definition) is 3. The van der Waals surface area contributed by atoms with Crippen molar-refractivity contribution >= 4 is 5.78 Å². The van der Waals surface area contributed by atoms with Gasteiger partial charge in [-0.15, -0.1) is 0 Å². The first-order valence-corrected chi connectivity index (χ1v) is 4.23. The minimum atomic E-state index is -0.504. The molecule has 0 atom stereocenters. The number of Topliss-reactive ketones (excluding diaryl/α,β-unsaturated/α-hetero) is 1. The molecule has 0 saturated heterocycles. The molecular weight excluding hydrogens is 185 g/mol. The van der Waals surface area contributed by atoms with Gasteiger partial charge in [-0.1, -0.05) is 0 Å². The molecule has 0 amide bonds. The van der Waals surface area contributed by atoms with Crippen molar-refractivity contribution in [2.24, 2.45) is 0 Å². The zero-order valence-electron chi connectivity index (χ0n) is 7.37. The third-order valence-electron chi connectivity index (χ3n) is 1.97. The molecule has 1 aliphatic rings. The van der Waals surface area contributed by atoms with Crippen molar-refractivity contribution in [3.8, 4) is 0 Å². The first kappa shape index (κ1) is 8.87. The summed E-state index contributed by atoms with van der Waals surface area (Å²) < 4.78 is 17.7. The van der Waals surface area contributed by atoms with E-state index in [-0.39, 0.29) is 11.3 Å². The van der Waals surface area contributed by atoms with Gasteiger partial charge in [0.1, 0.15) is 5.82 Å². The predicted molar refractivity (Wildman–Crippen MR) is 47.2 cm³/mol. The van der Waals surface area contributed by atoms with E-state index in [1.165, 1.54) is 18.5 Å². The number of carbonyl (C=O) groups excluding carboxylic acids is 1. The van der Waals surface area contributed by atoms with Crippen molar-refractivity contribution in [1.82, 2.24) is 4.98 Å². The summed E-state index contributed by atoms with van der Waals surface area (Å²) in [6, 6.07) is 1.18. The SMILES string of the molecule is O=C(C1=COCC1)c1cncc(F)c1. The lowest BCUT2D eigenvalue weighted by Gasteiger charge is -1.98. The average Bonchev–Trinajstić information content (AvgIpc) is 2.69. The molecule has 0 aromatic carbocycles. The summed E-state index contributed by atoms with van der Waals surface area (Å²) in [5.74, 6) is -0.718. The van der Waals surface area contributed by atoms with Crippen LogP contribution in [0.3, 0.4) is 0 Å². The van der Waals surface area contributed by atoms with Gasteiger partial charge in [0.05, 0.1) is 19.1 Å². The second kappa shape index (κ2) is 3.57. The zero-order chi connectivity index (χ0) is 9.97. The van der Waals surface area contributed by atoms with Gasteiger partial charge in [0.25, 0.3) is 0 Å². The van der Waals surface area contributed by atoms with Crippen molar-refractivity contribution in [3.05, 3.63) is 41.7 Å². The first-order valence-electron chi connectivity index (χ1n) is 4.23. The molecule has 0 aliphatic carbocycles. The maximum Gasteiger partial charge on any atom is 0.193 e. The molecule has 0 bridgehead atoms. The Bertz CT molecular complexity index is 401. The predicted octanol–water partition coefficient (Wildman–Crippen LogP) is 1.71. The van der Waals surface area contributed by atoms with Crippen LogP contribution in [0, 0.1) is 5.82 Å². The summed E-state index contributed by atoms with van der Waals surface area (Å²) in [5.41, 5.74) is 0.833. The van der Waals surface area contributed by atoms with Crippen LogP contribution in [0.4, 0.5) is 4.39 Å². The molecule has 1 aromatic rings. The Morgan fingerprint density at radius 3 is 3.00 bits per heavy atom. The molecule has 0 unspecified atom stereocenters. The molecule has 3 nitrogen and oxygen atoms in total. The van der Waals surface area contributed by atoms with E-state index >= 15 is 0 Å². The summed E-state index contributed by atoms with van der Waals surface area (Å²) in [5, 5.41) is 0. The van der Waals surface area contributed by atoms with E-state index in [0.717, 1.165) is 6.20 Å². The van der Waals surface area contributed by atoms with Crippen LogP contribution in [0.25, 0.3) is 0 Å². The van der Waals surface area contributed by atoms with Crippen LogP contribution in [0.15, 0.2) is 30.3 Å². The Kier molecular flexibility index (Phi) is 2.26. The second-order valence-corrected chi connectivity index (χ2v) is 2.98. The fraction of sp³-hybridized carbons (Fsp3) is 0.200. The highest BCUT2D eigenvalue weighted by Crippen LogP contribution is 2.16. The lowest BCUT2D eigenvalue weighted by atomic mass is 10.1. The van der Waals surface area contributed by atoms with Crippen LogP contribution < -0.4 is 0 Å². The molecule has 2 heterocycles. The Labute approximate surface area is 80.2 Å². The van der Waals surface area contributed by atoms with E-state index in [1.807, 2.05) is 0 Å². The molecule has 14 heavy (non-hydrogen) atoms. The van der Waals surface area contributed by atoms with Gasteiger partial charge in [-0.25, -0.2) is 4.39 Å². The largest absolute Gasteiger partial charge is 0.500 e. The molecule has 1 aromatic heterocycles. The lowest BCUT2D eigenvalue weighted by Crippen LogP contribution is -2.03. The molecular formula is C10H8FNO2. The standard InChI is InChI=1S/C10H8FNO2/c11-9-3-8(4-12-5-9)10(13)7-1-2-14-6-7/h3-6H,1-2H2. The number of hydrogen-bond donors (Lipinski definition) is 0. The topological polar surface area (TPSA) is 39.2 Å². The minimum Gasteiger partial charge on any atom is -0.500 e. The molecule has 1 aliphatic heterocycles. The van der Waals surface area contributed by atoms with Crippen molar-refractivity contribution in [3.63, 3.8) is 0 Å². The highest BCUT2D eigenvalue weighted by atomic mass is 19.1. The third kappa shape index (κ3) is 1.64. The van der Waals surface area contributed by atoms with Gasteiger partial charge < -0.3 is 4.74 Å². The zero-order valence-corrected chi connectivity index (χ0v) is 7.37. The molecule has 0 N–H and O–H groups in total. The Balaban J connectivity index is 2.27. The number of nitrogens with zero attached hydrogens (tertiary/aromatic N) is 1. The maximum atomic E-state index is 12.7. The number of carbonyl (C=O) groups is 1. The monoisotopic (exact) mass is 193 g/mol. The van der Waals surface area contributed by atoms with Gasteiger partial charge in [-0.3, -0.25) is 9.78 Å². The van der Waals surface area contributed by atoms with Gasteiger partial charge in [0, 0.05) is 23.8 Å². The van der Waals surface area contributed by atoms with Crippen molar-refractivity contribution in [2.75, 3.05) is 6.61 Å². The highest BCUT2D eigenvalue weighted by molar-refractivity contribution is 6.08. The molecule has 2 rings (SSSR count). The summed E-state index contributed by atoms with van der Waals surface area (Å²) >= 11 is 0. The van der Waals surface area contributed by atoms with Gasteiger partial charge in [0.15, 0.2) is 5.78 Å². The summed E-state index contributed by atoms with van der Waals surface area (Å²) in [6.07, 6.45) is 4.42. The second-order valence-electron chi connectivity index (χ2n) is 2.98. The first-order chi connectivity index (χ1) is 6.77. The van der Waals surface area contributed by atoms with Crippen LogP contribution in [-0.4, -0.2) is 17.4 Å². The smallest absolute Gasteiger partial charge is 0.193 e. The number of rotatable bonds is 2. The van der Waals surface area contributed by atoms with Crippen LogP contribution >= 0.6 is 0 Å². The quantitative estimate of drug-likeness (QED) is 0.671. The van der Waals surface area contributed by atoms with E-state index in [9.17, 15) is 9.18 Å². The molecule has 0 fully saturated rings. The molecule has 0 spiro atoms. The fourth-order valence-corrected chi connectivity index (χ4v) is 1.28. The third-order valence-corrected chi connectivity index (χ3v) is 1.97. The van der Waals surface area contributed by atoms with Crippen molar-refractivity contribution in [1.29, 1.82) is 0 Å². The summed E-state index contributed by atoms with van der Waals surface area (Å²) in [6.45, 7) is 0.518. The van der Waals surface area contributed by atoms with Crippen LogP contribution in [0.2, 0.25) is 0 Å². The Morgan fingerprint density at radius 1 is 1.50 bits per heavy atom. The van der Waals surface area contributed by atoms with Gasteiger partial charge >= 0.3 is 0 Å². The molecule has 0 radical (unpaired) electrons. The lowest BCUT2D eigenvalue weighted by molar-refractivity contribution is 0.103. The average molecular weight is 193 g/mol. The van der Waals surface area contributed by atoms with Gasteiger partial charge in [-0.2, -0.15) is 0 Å².